The monoisotopic (exact) mass is 272 g/mol. The van der Waals surface area contributed by atoms with Gasteiger partial charge in [0.25, 0.3) is 5.91 Å². The van der Waals surface area contributed by atoms with E-state index in [1.54, 1.807) is 23.1 Å². The van der Waals surface area contributed by atoms with Crippen LogP contribution >= 0.6 is 0 Å². The van der Waals surface area contributed by atoms with Crippen LogP contribution in [-0.2, 0) is 0 Å². The number of carbonyl (C=O) groups excluding carboxylic acids is 1. The van der Waals surface area contributed by atoms with Gasteiger partial charge in [-0.15, -0.1) is 0 Å². The average Bonchev–Trinajstić information content (AvgIpc) is 2.88. The molecule has 0 saturated carbocycles. The van der Waals surface area contributed by atoms with Gasteiger partial charge in [-0.1, -0.05) is 6.07 Å². The molecule has 2 rings (SSSR count). The first-order chi connectivity index (χ1) is 9.49. The Morgan fingerprint density at radius 2 is 2.00 bits per heavy atom. The SMILES string of the molecule is Cc1ccc(C(C)NC(=O)c2ccnn2C(C)C)cn1. The second-order valence-electron chi connectivity index (χ2n) is 5.18. The van der Waals surface area contributed by atoms with Gasteiger partial charge in [-0.2, -0.15) is 5.10 Å². The fourth-order valence-corrected chi connectivity index (χ4v) is 1.99. The van der Waals surface area contributed by atoms with E-state index >= 15 is 0 Å². The Morgan fingerprint density at radius 1 is 1.25 bits per heavy atom. The van der Waals surface area contributed by atoms with Gasteiger partial charge in [0, 0.05) is 24.1 Å². The molecule has 106 valence electrons. The highest BCUT2D eigenvalue weighted by Gasteiger charge is 2.16. The zero-order valence-electron chi connectivity index (χ0n) is 12.3. The first kappa shape index (κ1) is 14.2. The summed E-state index contributed by atoms with van der Waals surface area (Å²) in [5.74, 6) is -0.121. The Bertz CT molecular complexity index is 586. The van der Waals surface area contributed by atoms with Gasteiger partial charge < -0.3 is 5.32 Å². The molecule has 5 nitrogen and oxygen atoms in total. The number of nitrogens with zero attached hydrogens (tertiary/aromatic N) is 3. The fraction of sp³-hybridized carbons (Fsp3) is 0.400. The Kier molecular flexibility index (Phi) is 4.17. The van der Waals surface area contributed by atoms with Crippen LogP contribution in [0.4, 0.5) is 0 Å². The maximum Gasteiger partial charge on any atom is 0.270 e. The molecule has 1 unspecified atom stereocenters. The molecule has 0 aliphatic carbocycles. The second kappa shape index (κ2) is 5.86. The zero-order chi connectivity index (χ0) is 14.7. The molecule has 0 saturated heterocycles. The van der Waals surface area contributed by atoms with E-state index in [4.69, 9.17) is 0 Å². The van der Waals surface area contributed by atoms with Crippen LogP contribution in [0.3, 0.4) is 0 Å². The predicted octanol–water partition coefficient (Wildman–Crippen LogP) is 2.66. The van der Waals surface area contributed by atoms with E-state index in [0.29, 0.717) is 5.69 Å². The molecule has 2 aromatic heterocycles. The van der Waals surface area contributed by atoms with E-state index in [1.165, 1.54) is 0 Å². The molecule has 0 spiro atoms. The molecule has 1 atom stereocenters. The lowest BCUT2D eigenvalue weighted by Crippen LogP contribution is -2.29. The van der Waals surface area contributed by atoms with Crippen molar-refractivity contribution in [2.24, 2.45) is 0 Å². The van der Waals surface area contributed by atoms with Crippen LogP contribution in [0.15, 0.2) is 30.6 Å². The first-order valence-corrected chi connectivity index (χ1v) is 6.76. The third-order valence-electron chi connectivity index (χ3n) is 3.17. The van der Waals surface area contributed by atoms with Gasteiger partial charge >= 0.3 is 0 Å². The number of nitrogens with one attached hydrogen (secondary N) is 1. The molecule has 0 bridgehead atoms. The third kappa shape index (κ3) is 3.04. The zero-order valence-corrected chi connectivity index (χ0v) is 12.3. The lowest BCUT2D eigenvalue weighted by molar-refractivity contribution is 0.0927. The Morgan fingerprint density at radius 3 is 2.60 bits per heavy atom. The van der Waals surface area contributed by atoms with Crippen molar-refractivity contribution in [1.29, 1.82) is 0 Å². The molecule has 0 aliphatic heterocycles. The van der Waals surface area contributed by atoms with Crippen molar-refractivity contribution in [2.75, 3.05) is 0 Å². The van der Waals surface area contributed by atoms with Crippen molar-refractivity contribution in [3.63, 3.8) is 0 Å². The quantitative estimate of drug-likeness (QED) is 0.930. The summed E-state index contributed by atoms with van der Waals surface area (Å²) in [5, 5.41) is 7.15. The maximum absolute atomic E-state index is 12.3. The summed E-state index contributed by atoms with van der Waals surface area (Å²) >= 11 is 0. The summed E-state index contributed by atoms with van der Waals surface area (Å²) < 4.78 is 1.72. The van der Waals surface area contributed by atoms with Crippen LogP contribution < -0.4 is 5.32 Å². The van der Waals surface area contributed by atoms with Crippen molar-refractivity contribution in [3.05, 3.63) is 47.5 Å². The minimum Gasteiger partial charge on any atom is -0.344 e. The highest BCUT2D eigenvalue weighted by Crippen LogP contribution is 2.13. The number of pyridine rings is 1. The molecule has 0 aromatic carbocycles. The van der Waals surface area contributed by atoms with E-state index in [2.05, 4.69) is 15.4 Å². The topological polar surface area (TPSA) is 59.8 Å². The van der Waals surface area contributed by atoms with Crippen LogP contribution in [0, 0.1) is 6.92 Å². The van der Waals surface area contributed by atoms with E-state index in [9.17, 15) is 4.79 Å². The minimum atomic E-state index is -0.121. The van der Waals surface area contributed by atoms with Gasteiger partial charge in [-0.25, -0.2) is 0 Å². The molecule has 2 aromatic rings. The van der Waals surface area contributed by atoms with Crippen molar-refractivity contribution in [3.8, 4) is 0 Å². The number of aromatic nitrogens is 3. The lowest BCUT2D eigenvalue weighted by atomic mass is 10.1. The van der Waals surface area contributed by atoms with E-state index in [0.717, 1.165) is 11.3 Å². The number of hydrogen-bond donors (Lipinski definition) is 1. The summed E-state index contributed by atoms with van der Waals surface area (Å²) in [6, 6.07) is 5.71. The minimum absolute atomic E-state index is 0.0916. The maximum atomic E-state index is 12.3. The molecule has 5 heteroatoms. The summed E-state index contributed by atoms with van der Waals surface area (Å²) in [4.78, 5) is 16.5. The van der Waals surface area contributed by atoms with Crippen LogP contribution in [0.25, 0.3) is 0 Å². The molecule has 0 fully saturated rings. The highest BCUT2D eigenvalue weighted by molar-refractivity contribution is 5.92. The first-order valence-electron chi connectivity index (χ1n) is 6.76. The number of hydrogen-bond acceptors (Lipinski definition) is 3. The third-order valence-corrected chi connectivity index (χ3v) is 3.17. The van der Waals surface area contributed by atoms with Crippen molar-refractivity contribution in [1.82, 2.24) is 20.1 Å². The van der Waals surface area contributed by atoms with Crippen molar-refractivity contribution >= 4 is 5.91 Å². The smallest absolute Gasteiger partial charge is 0.270 e. The molecule has 0 radical (unpaired) electrons. The predicted molar refractivity (Wildman–Crippen MR) is 77.5 cm³/mol. The summed E-state index contributed by atoms with van der Waals surface area (Å²) in [6.45, 7) is 7.88. The van der Waals surface area contributed by atoms with Gasteiger partial charge in [0.15, 0.2) is 0 Å². The Labute approximate surface area is 119 Å². The summed E-state index contributed by atoms with van der Waals surface area (Å²) in [5.41, 5.74) is 2.52. The van der Waals surface area contributed by atoms with Crippen LogP contribution in [0.2, 0.25) is 0 Å². The normalized spacial score (nSPS) is 12.4. The Balaban J connectivity index is 2.11. The summed E-state index contributed by atoms with van der Waals surface area (Å²) in [6.07, 6.45) is 3.44. The molecule has 2 heterocycles. The van der Waals surface area contributed by atoms with Gasteiger partial charge in [0.1, 0.15) is 5.69 Å². The fourth-order valence-electron chi connectivity index (χ4n) is 1.99. The number of aryl methyl sites for hydroxylation is 1. The van der Waals surface area contributed by atoms with Crippen LogP contribution in [-0.4, -0.2) is 20.7 Å². The van der Waals surface area contributed by atoms with Gasteiger partial charge in [0.2, 0.25) is 0 Å². The van der Waals surface area contributed by atoms with Gasteiger partial charge in [-0.05, 0) is 45.4 Å². The second-order valence-corrected chi connectivity index (χ2v) is 5.18. The standard InChI is InChI=1S/C15H20N4O/c1-10(2)19-14(7-8-17-19)15(20)18-12(4)13-6-5-11(3)16-9-13/h5-10,12H,1-4H3,(H,18,20). The van der Waals surface area contributed by atoms with Crippen molar-refractivity contribution in [2.45, 2.75) is 39.8 Å². The number of rotatable bonds is 4. The lowest BCUT2D eigenvalue weighted by Gasteiger charge is -2.16. The largest absolute Gasteiger partial charge is 0.344 e. The molecule has 1 N–H and O–H groups in total. The van der Waals surface area contributed by atoms with E-state index < -0.39 is 0 Å². The van der Waals surface area contributed by atoms with Gasteiger partial charge in [-0.3, -0.25) is 14.5 Å². The van der Waals surface area contributed by atoms with Crippen LogP contribution in [0.1, 0.15) is 54.6 Å². The van der Waals surface area contributed by atoms with E-state index in [-0.39, 0.29) is 18.0 Å². The molecule has 20 heavy (non-hydrogen) atoms. The van der Waals surface area contributed by atoms with Gasteiger partial charge in [0.05, 0.1) is 6.04 Å². The molecule has 1 amide bonds. The number of amides is 1. The molecular formula is C15H20N4O. The average molecular weight is 272 g/mol. The summed E-state index contributed by atoms with van der Waals surface area (Å²) in [7, 11) is 0. The van der Waals surface area contributed by atoms with E-state index in [1.807, 2.05) is 39.8 Å². The molecular weight excluding hydrogens is 252 g/mol. The molecule has 0 aliphatic rings. The van der Waals surface area contributed by atoms with Crippen molar-refractivity contribution < 1.29 is 4.79 Å². The van der Waals surface area contributed by atoms with Crippen LogP contribution in [0.5, 0.6) is 0 Å². The Hall–Kier alpha value is -2.17. The number of carbonyl (C=O) groups is 1. The highest BCUT2D eigenvalue weighted by atomic mass is 16.2.